The average Bonchev–Trinajstić information content (AvgIpc) is 2.80. The van der Waals surface area contributed by atoms with Gasteiger partial charge in [0.05, 0.1) is 11.9 Å². The summed E-state index contributed by atoms with van der Waals surface area (Å²) in [6.07, 6.45) is 1.67. The van der Waals surface area contributed by atoms with Gasteiger partial charge in [-0.15, -0.1) is 5.10 Å². The van der Waals surface area contributed by atoms with Gasteiger partial charge in [0.25, 0.3) is 0 Å². The van der Waals surface area contributed by atoms with Gasteiger partial charge in [-0.1, -0.05) is 39.7 Å². The second-order valence-electron chi connectivity index (χ2n) is 3.95. The first-order valence-corrected chi connectivity index (χ1v) is 6.82. The Kier molecular flexibility index (Phi) is 4.37. The minimum absolute atomic E-state index is 0.523. The average molecular weight is 331 g/mol. The molecule has 0 radical (unpaired) electrons. The van der Waals surface area contributed by atoms with E-state index in [4.69, 9.17) is 11.6 Å². The van der Waals surface area contributed by atoms with Gasteiger partial charge in [-0.3, -0.25) is 0 Å². The molecule has 1 aromatic carbocycles. The van der Waals surface area contributed by atoms with Crippen LogP contribution in [-0.2, 0) is 6.54 Å². The number of hydrogen-bond acceptors (Lipinski definition) is 3. The van der Waals surface area contributed by atoms with E-state index in [1.54, 1.807) is 23.0 Å². The van der Waals surface area contributed by atoms with Gasteiger partial charge in [0.1, 0.15) is 6.10 Å². The second-order valence-corrected chi connectivity index (χ2v) is 5.27. The molecule has 1 aromatic heterocycles. The van der Waals surface area contributed by atoms with Crippen LogP contribution in [0.3, 0.4) is 0 Å². The van der Waals surface area contributed by atoms with Crippen LogP contribution in [0.15, 0.2) is 28.9 Å². The lowest BCUT2D eigenvalue weighted by Gasteiger charge is -2.14. The third-order valence-corrected chi connectivity index (χ3v) is 3.45. The molecule has 2 rings (SSSR count). The summed E-state index contributed by atoms with van der Waals surface area (Å²) in [7, 11) is 0. The van der Waals surface area contributed by atoms with Crippen molar-refractivity contribution >= 4 is 27.5 Å². The molecule has 0 aliphatic rings. The number of aliphatic hydroxyl groups is 1. The quantitative estimate of drug-likeness (QED) is 0.936. The van der Waals surface area contributed by atoms with Gasteiger partial charge in [0.15, 0.2) is 0 Å². The van der Waals surface area contributed by atoms with Crippen molar-refractivity contribution in [3.8, 4) is 0 Å². The van der Waals surface area contributed by atoms with Crippen LogP contribution in [0.4, 0.5) is 0 Å². The zero-order valence-corrected chi connectivity index (χ0v) is 12.2. The highest BCUT2D eigenvalue weighted by atomic mass is 79.9. The van der Waals surface area contributed by atoms with Crippen molar-refractivity contribution in [2.75, 3.05) is 0 Å². The molecule has 1 N–H and O–H groups in total. The monoisotopic (exact) mass is 329 g/mol. The van der Waals surface area contributed by atoms with E-state index in [1.165, 1.54) is 0 Å². The van der Waals surface area contributed by atoms with Crippen LogP contribution in [0.1, 0.15) is 30.7 Å². The zero-order valence-electron chi connectivity index (χ0n) is 9.85. The van der Waals surface area contributed by atoms with Crippen LogP contribution in [0, 0.1) is 0 Å². The molecule has 6 heteroatoms. The summed E-state index contributed by atoms with van der Waals surface area (Å²) >= 11 is 9.48. The van der Waals surface area contributed by atoms with Gasteiger partial charge in [-0.25, -0.2) is 4.68 Å². The topological polar surface area (TPSA) is 50.9 Å². The molecule has 4 nitrogen and oxygen atoms in total. The molecule has 1 heterocycles. The molecule has 1 unspecified atom stereocenters. The summed E-state index contributed by atoms with van der Waals surface area (Å²) in [5.74, 6) is 0. The van der Waals surface area contributed by atoms with Gasteiger partial charge < -0.3 is 5.11 Å². The van der Waals surface area contributed by atoms with Gasteiger partial charge >= 0.3 is 0 Å². The smallest absolute Gasteiger partial charge is 0.124 e. The fourth-order valence-corrected chi connectivity index (χ4v) is 2.35. The van der Waals surface area contributed by atoms with E-state index in [1.807, 2.05) is 13.0 Å². The van der Waals surface area contributed by atoms with Crippen LogP contribution in [-0.4, -0.2) is 20.1 Å². The highest BCUT2D eigenvalue weighted by Crippen LogP contribution is 2.30. The summed E-state index contributed by atoms with van der Waals surface area (Å²) in [6.45, 7) is 2.77. The lowest BCUT2D eigenvalue weighted by molar-refractivity contribution is 0.207. The molecular weight excluding hydrogens is 318 g/mol. The highest BCUT2D eigenvalue weighted by molar-refractivity contribution is 9.10. The minimum Gasteiger partial charge on any atom is -0.382 e. The van der Waals surface area contributed by atoms with Crippen molar-refractivity contribution in [3.63, 3.8) is 0 Å². The summed E-state index contributed by atoms with van der Waals surface area (Å²) in [5, 5.41) is 18.7. The van der Waals surface area contributed by atoms with Crippen LogP contribution in [0.2, 0.25) is 5.02 Å². The van der Waals surface area contributed by atoms with Gasteiger partial charge in [0, 0.05) is 21.6 Å². The standard InChI is InChI=1S/C12H13BrClN3O/c1-2-5-17-11(7-15-16-17)12(18)9-6-8(13)3-4-10(9)14/h3-4,6-7,12,18H,2,5H2,1H3. The number of aliphatic hydroxyl groups excluding tert-OH is 1. The van der Waals surface area contributed by atoms with E-state index < -0.39 is 6.10 Å². The van der Waals surface area contributed by atoms with E-state index >= 15 is 0 Å². The van der Waals surface area contributed by atoms with Crippen LogP contribution >= 0.6 is 27.5 Å². The Hall–Kier alpha value is -0.910. The number of rotatable bonds is 4. The molecule has 18 heavy (non-hydrogen) atoms. The molecule has 0 saturated carbocycles. The highest BCUT2D eigenvalue weighted by Gasteiger charge is 2.19. The Morgan fingerprint density at radius 3 is 3.00 bits per heavy atom. The van der Waals surface area contributed by atoms with Crippen LogP contribution < -0.4 is 0 Å². The Balaban J connectivity index is 2.38. The minimum atomic E-state index is -0.823. The molecule has 0 bridgehead atoms. The molecule has 1 atom stereocenters. The molecule has 0 spiro atoms. The van der Waals surface area contributed by atoms with E-state index in [2.05, 4.69) is 26.2 Å². The Labute approximate surface area is 119 Å². The predicted molar refractivity (Wildman–Crippen MR) is 73.5 cm³/mol. The molecular formula is C12H13BrClN3O. The molecule has 0 saturated heterocycles. The second kappa shape index (κ2) is 5.82. The first kappa shape index (κ1) is 13.5. The van der Waals surface area contributed by atoms with Gasteiger partial charge in [-0.05, 0) is 24.6 Å². The zero-order chi connectivity index (χ0) is 13.1. The number of benzene rings is 1. The van der Waals surface area contributed by atoms with E-state index in [-0.39, 0.29) is 0 Å². The number of halogens is 2. The molecule has 0 amide bonds. The van der Waals surface area contributed by atoms with Crippen LogP contribution in [0.25, 0.3) is 0 Å². The molecule has 0 fully saturated rings. The van der Waals surface area contributed by atoms with Gasteiger partial charge in [-0.2, -0.15) is 0 Å². The maximum atomic E-state index is 10.4. The van der Waals surface area contributed by atoms with Crippen molar-refractivity contribution < 1.29 is 5.11 Å². The Morgan fingerprint density at radius 1 is 1.50 bits per heavy atom. The molecule has 2 aromatic rings. The first-order chi connectivity index (χ1) is 8.63. The first-order valence-electron chi connectivity index (χ1n) is 5.65. The maximum Gasteiger partial charge on any atom is 0.124 e. The maximum absolute atomic E-state index is 10.4. The van der Waals surface area contributed by atoms with Crippen molar-refractivity contribution in [1.82, 2.24) is 15.0 Å². The Morgan fingerprint density at radius 2 is 2.28 bits per heavy atom. The van der Waals surface area contributed by atoms with E-state index in [0.29, 0.717) is 16.3 Å². The molecule has 0 aliphatic heterocycles. The van der Waals surface area contributed by atoms with E-state index in [9.17, 15) is 5.11 Å². The van der Waals surface area contributed by atoms with Crippen LogP contribution in [0.5, 0.6) is 0 Å². The third-order valence-electron chi connectivity index (χ3n) is 2.62. The van der Waals surface area contributed by atoms with Gasteiger partial charge in [0.2, 0.25) is 0 Å². The largest absolute Gasteiger partial charge is 0.382 e. The lowest BCUT2D eigenvalue weighted by Crippen LogP contribution is -2.10. The number of aryl methyl sites for hydroxylation is 1. The third kappa shape index (κ3) is 2.74. The molecule has 96 valence electrons. The number of hydrogen-bond donors (Lipinski definition) is 1. The van der Waals surface area contributed by atoms with Crippen molar-refractivity contribution in [2.45, 2.75) is 26.0 Å². The van der Waals surface area contributed by atoms with Crippen molar-refractivity contribution in [2.24, 2.45) is 0 Å². The lowest BCUT2D eigenvalue weighted by atomic mass is 10.1. The number of aromatic nitrogens is 3. The summed E-state index contributed by atoms with van der Waals surface area (Å²) < 4.78 is 2.57. The summed E-state index contributed by atoms with van der Waals surface area (Å²) in [4.78, 5) is 0. The van der Waals surface area contributed by atoms with Crippen molar-refractivity contribution in [1.29, 1.82) is 0 Å². The summed E-state index contributed by atoms with van der Waals surface area (Å²) in [5.41, 5.74) is 1.29. The Bertz CT molecular complexity index is 544. The predicted octanol–water partition coefficient (Wildman–Crippen LogP) is 3.19. The SMILES string of the molecule is CCCn1nncc1C(O)c1cc(Br)ccc1Cl. The molecule has 0 aliphatic carbocycles. The van der Waals surface area contributed by atoms with Crippen molar-refractivity contribution in [3.05, 3.63) is 45.1 Å². The summed E-state index contributed by atoms with van der Waals surface area (Å²) in [6, 6.07) is 5.38. The normalized spacial score (nSPS) is 12.7. The number of nitrogens with zero attached hydrogens (tertiary/aromatic N) is 3. The van der Waals surface area contributed by atoms with E-state index in [0.717, 1.165) is 17.4 Å². The fraction of sp³-hybridized carbons (Fsp3) is 0.333. The fourth-order valence-electron chi connectivity index (χ4n) is 1.75.